The van der Waals surface area contributed by atoms with Crippen LogP contribution >= 0.6 is 22.9 Å². The second-order valence-electron chi connectivity index (χ2n) is 2.98. The molecule has 0 amide bonds. The summed E-state index contributed by atoms with van der Waals surface area (Å²) in [6, 6.07) is 1.76. The molecule has 1 atom stereocenters. The minimum Gasteiger partial charge on any atom is -0.496 e. The van der Waals surface area contributed by atoms with Gasteiger partial charge in [-0.05, 0) is 17.5 Å². The summed E-state index contributed by atoms with van der Waals surface area (Å²) in [6.45, 7) is 0.733. The first-order valence-corrected chi connectivity index (χ1v) is 5.60. The molecule has 5 heteroatoms. The van der Waals surface area contributed by atoms with E-state index in [1.54, 1.807) is 11.3 Å². The van der Waals surface area contributed by atoms with E-state index in [0.717, 1.165) is 28.7 Å². The molecule has 3 N–H and O–H groups in total. The fourth-order valence-electron chi connectivity index (χ4n) is 1.44. The number of ether oxygens (including phenoxy) is 1. The van der Waals surface area contributed by atoms with E-state index >= 15 is 0 Å². The van der Waals surface area contributed by atoms with Crippen molar-refractivity contribution in [2.45, 2.75) is 12.5 Å². The summed E-state index contributed by atoms with van der Waals surface area (Å²) in [4.78, 5) is 1.00. The van der Waals surface area contributed by atoms with Gasteiger partial charge in [0.25, 0.3) is 0 Å². The smallest absolute Gasteiger partial charge is 0.116 e. The number of nitrogens with two attached hydrogens (primary N) is 1. The number of hydrogen-bond donors (Lipinski definition) is 2. The van der Waals surface area contributed by atoms with Crippen LogP contribution in [0.2, 0.25) is 5.02 Å². The van der Waals surface area contributed by atoms with Gasteiger partial charge in [0.15, 0.2) is 0 Å². The quantitative estimate of drug-likeness (QED) is 0.618. The zero-order valence-electron chi connectivity index (χ0n) is 7.50. The van der Waals surface area contributed by atoms with Gasteiger partial charge in [-0.2, -0.15) is 0 Å². The molecular weight excluding hydrogens is 220 g/mol. The highest BCUT2D eigenvalue weighted by Crippen LogP contribution is 2.34. The predicted octanol–water partition coefficient (Wildman–Crippen LogP) is 2.21. The van der Waals surface area contributed by atoms with Crippen LogP contribution in [0.5, 0.6) is 0 Å². The van der Waals surface area contributed by atoms with E-state index in [9.17, 15) is 0 Å². The van der Waals surface area contributed by atoms with Crippen molar-refractivity contribution in [3.8, 4) is 0 Å². The van der Waals surface area contributed by atoms with Crippen LogP contribution in [0.3, 0.4) is 0 Å². The van der Waals surface area contributed by atoms with Crippen molar-refractivity contribution >= 4 is 22.9 Å². The molecular formula is C9H11ClN2OS. The largest absolute Gasteiger partial charge is 0.496 e. The summed E-state index contributed by atoms with van der Waals surface area (Å²) in [7, 11) is 0. The molecule has 0 aromatic carbocycles. The Hall–Kier alpha value is -0.550. The Kier molecular flexibility index (Phi) is 3.08. The molecule has 1 aliphatic rings. The van der Waals surface area contributed by atoms with E-state index in [0.29, 0.717) is 0 Å². The maximum absolute atomic E-state index is 6.02. The lowest BCUT2D eigenvalue weighted by Gasteiger charge is -2.16. The van der Waals surface area contributed by atoms with Crippen LogP contribution in [-0.4, -0.2) is 6.61 Å². The third kappa shape index (κ3) is 1.79. The lowest BCUT2D eigenvalue weighted by atomic mass is 10.2. The zero-order chi connectivity index (χ0) is 9.97. The Morgan fingerprint density at radius 2 is 2.50 bits per heavy atom. The first-order chi connectivity index (χ1) is 6.83. The minimum absolute atomic E-state index is 0.106. The molecule has 76 valence electrons. The molecule has 0 fully saturated rings. The van der Waals surface area contributed by atoms with Gasteiger partial charge in [-0.1, -0.05) is 11.6 Å². The highest BCUT2D eigenvalue weighted by atomic mass is 35.5. The number of thiophene rings is 1. The average molecular weight is 231 g/mol. The number of rotatable bonds is 3. The van der Waals surface area contributed by atoms with Crippen LogP contribution in [0.4, 0.5) is 0 Å². The molecule has 2 rings (SSSR count). The summed E-state index contributed by atoms with van der Waals surface area (Å²) in [5.74, 6) is 6.36. The molecule has 14 heavy (non-hydrogen) atoms. The fourth-order valence-corrected chi connectivity index (χ4v) is 2.67. The zero-order valence-corrected chi connectivity index (χ0v) is 9.07. The van der Waals surface area contributed by atoms with Crippen molar-refractivity contribution in [3.05, 3.63) is 33.2 Å². The molecule has 1 aromatic rings. The minimum atomic E-state index is -0.106. The van der Waals surface area contributed by atoms with Gasteiger partial charge in [-0.25, -0.2) is 5.43 Å². The SMILES string of the molecule is NNC(C1=CCCO1)c1sccc1Cl. The van der Waals surface area contributed by atoms with Crippen LogP contribution in [0.25, 0.3) is 0 Å². The summed E-state index contributed by atoms with van der Waals surface area (Å²) < 4.78 is 5.45. The van der Waals surface area contributed by atoms with Gasteiger partial charge in [0, 0.05) is 11.3 Å². The Balaban J connectivity index is 2.25. The number of hydrazine groups is 1. The first kappa shape index (κ1) is 9.98. The average Bonchev–Trinajstić information content (AvgIpc) is 2.80. The maximum atomic E-state index is 6.02. The molecule has 0 aliphatic carbocycles. The maximum Gasteiger partial charge on any atom is 0.116 e. The monoisotopic (exact) mass is 230 g/mol. The van der Waals surface area contributed by atoms with Crippen molar-refractivity contribution in [1.82, 2.24) is 5.43 Å². The lowest BCUT2D eigenvalue weighted by molar-refractivity contribution is 0.216. The Bertz CT molecular complexity index is 350. The van der Waals surface area contributed by atoms with Gasteiger partial charge in [0.2, 0.25) is 0 Å². The number of hydrogen-bond acceptors (Lipinski definition) is 4. The van der Waals surface area contributed by atoms with E-state index in [1.807, 2.05) is 17.5 Å². The summed E-state index contributed by atoms with van der Waals surface area (Å²) >= 11 is 7.60. The van der Waals surface area contributed by atoms with E-state index in [-0.39, 0.29) is 6.04 Å². The second kappa shape index (κ2) is 4.31. The molecule has 0 saturated carbocycles. The second-order valence-corrected chi connectivity index (χ2v) is 4.33. The summed E-state index contributed by atoms with van der Waals surface area (Å²) in [5, 5.41) is 2.67. The Morgan fingerprint density at radius 3 is 3.00 bits per heavy atom. The van der Waals surface area contributed by atoms with Crippen molar-refractivity contribution in [3.63, 3.8) is 0 Å². The van der Waals surface area contributed by atoms with Gasteiger partial charge < -0.3 is 4.74 Å². The molecule has 1 unspecified atom stereocenters. The molecule has 0 spiro atoms. The third-order valence-corrected chi connectivity index (χ3v) is 3.51. The standard InChI is InChI=1S/C9H11ClN2OS/c10-6-3-5-14-9(6)8(12-11)7-2-1-4-13-7/h2-3,5,8,12H,1,4,11H2. The number of nitrogens with one attached hydrogen (secondary N) is 1. The molecule has 1 aromatic heterocycles. The normalized spacial score (nSPS) is 17.7. The van der Waals surface area contributed by atoms with Crippen molar-refractivity contribution in [2.75, 3.05) is 6.61 Å². The molecule has 0 bridgehead atoms. The topological polar surface area (TPSA) is 47.3 Å². The fraction of sp³-hybridized carbons (Fsp3) is 0.333. The lowest BCUT2D eigenvalue weighted by Crippen LogP contribution is -2.29. The third-order valence-electron chi connectivity index (χ3n) is 2.09. The number of halogens is 1. The molecule has 3 nitrogen and oxygen atoms in total. The van der Waals surface area contributed by atoms with E-state index < -0.39 is 0 Å². The predicted molar refractivity (Wildman–Crippen MR) is 58.0 cm³/mol. The Morgan fingerprint density at radius 1 is 1.64 bits per heavy atom. The van der Waals surface area contributed by atoms with Gasteiger partial charge in [0.05, 0.1) is 11.6 Å². The van der Waals surface area contributed by atoms with Gasteiger partial charge in [0.1, 0.15) is 11.8 Å². The van der Waals surface area contributed by atoms with Crippen molar-refractivity contribution in [2.24, 2.45) is 5.84 Å². The van der Waals surface area contributed by atoms with E-state index in [1.165, 1.54) is 0 Å². The van der Waals surface area contributed by atoms with Crippen LogP contribution in [0.15, 0.2) is 23.3 Å². The molecule has 2 heterocycles. The van der Waals surface area contributed by atoms with Crippen LogP contribution in [0.1, 0.15) is 17.3 Å². The molecule has 1 aliphatic heterocycles. The van der Waals surface area contributed by atoms with Crippen molar-refractivity contribution < 1.29 is 4.74 Å². The van der Waals surface area contributed by atoms with E-state index in [2.05, 4.69) is 5.43 Å². The summed E-state index contributed by atoms with van der Waals surface area (Å²) in [5.41, 5.74) is 2.72. The first-order valence-electron chi connectivity index (χ1n) is 4.35. The van der Waals surface area contributed by atoms with Crippen molar-refractivity contribution in [1.29, 1.82) is 0 Å². The van der Waals surface area contributed by atoms with Gasteiger partial charge >= 0.3 is 0 Å². The Labute approximate surface area is 91.5 Å². The van der Waals surface area contributed by atoms with Crippen LogP contribution < -0.4 is 11.3 Å². The van der Waals surface area contributed by atoms with Gasteiger partial charge in [-0.15, -0.1) is 11.3 Å². The van der Waals surface area contributed by atoms with Gasteiger partial charge in [-0.3, -0.25) is 5.84 Å². The summed E-state index contributed by atoms with van der Waals surface area (Å²) in [6.07, 6.45) is 2.98. The van der Waals surface area contributed by atoms with E-state index in [4.69, 9.17) is 22.2 Å². The molecule has 0 saturated heterocycles. The highest BCUT2D eigenvalue weighted by Gasteiger charge is 2.22. The highest BCUT2D eigenvalue weighted by molar-refractivity contribution is 7.10. The van der Waals surface area contributed by atoms with Crippen LogP contribution in [-0.2, 0) is 4.74 Å². The van der Waals surface area contributed by atoms with Crippen LogP contribution in [0, 0.1) is 0 Å². The molecule has 0 radical (unpaired) electrons.